The van der Waals surface area contributed by atoms with Crippen LogP contribution in [0.2, 0.25) is 5.02 Å². The van der Waals surface area contributed by atoms with Crippen molar-refractivity contribution in [3.05, 3.63) is 29.3 Å². The summed E-state index contributed by atoms with van der Waals surface area (Å²) in [5, 5.41) is 0.523. The number of amides is 1. The predicted molar refractivity (Wildman–Crippen MR) is 96.4 cm³/mol. The molecule has 6 heteroatoms. The first-order chi connectivity index (χ1) is 10.3. The number of hydrogen-bond acceptors (Lipinski definition) is 3. The molecule has 1 aromatic rings. The third-order valence-corrected chi connectivity index (χ3v) is 4.69. The highest BCUT2D eigenvalue weighted by atomic mass is 35.5. The number of carbonyl (C=O) groups is 1. The van der Waals surface area contributed by atoms with Gasteiger partial charge in [0.2, 0.25) is 0 Å². The van der Waals surface area contributed by atoms with E-state index >= 15 is 0 Å². The molecule has 0 radical (unpaired) electrons. The number of nitrogens with zero attached hydrogens (tertiary/aromatic N) is 1. The van der Waals surface area contributed by atoms with Crippen molar-refractivity contribution >= 4 is 29.9 Å². The van der Waals surface area contributed by atoms with E-state index in [-0.39, 0.29) is 29.8 Å². The molecule has 1 aliphatic rings. The number of halogens is 2. The van der Waals surface area contributed by atoms with Crippen LogP contribution in [0.4, 0.5) is 0 Å². The molecule has 1 saturated heterocycles. The number of rotatable bonds is 4. The van der Waals surface area contributed by atoms with E-state index in [1.807, 2.05) is 24.0 Å². The third-order valence-electron chi connectivity index (χ3n) is 4.38. The molecule has 0 aliphatic carbocycles. The average Bonchev–Trinajstić information content (AvgIpc) is 2.48. The topological polar surface area (TPSA) is 55.6 Å². The van der Waals surface area contributed by atoms with Crippen LogP contribution < -0.4 is 10.5 Å². The number of nitrogens with two attached hydrogens (primary N) is 1. The minimum absolute atomic E-state index is 0. The standard InChI is InChI=1S/C17H25ClN2O2.ClH/c1-4-13(22-14-8-6-5-7-12(14)18)16(21)20-10-9-15(19)17(2,3)11-20;/h5-8,13,15H,4,9-11,19H2,1-3H3;1H. The summed E-state index contributed by atoms with van der Waals surface area (Å²) < 4.78 is 5.85. The van der Waals surface area contributed by atoms with Gasteiger partial charge in [-0.25, -0.2) is 0 Å². The van der Waals surface area contributed by atoms with E-state index in [1.165, 1.54) is 0 Å². The Morgan fingerprint density at radius 1 is 1.48 bits per heavy atom. The van der Waals surface area contributed by atoms with Crippen LogP contribution in [-0.2, 0) is 4.79 Å². The van der Waals surface area contributed by atoms with Crippen LogP contribution >= 0.6 is 24.0 Å². The Morgan fingerprint density at radius 3 is 2.70 bits per heavy atom. The summed E-state index contributed by atoms with van der Waals surface area (Å²) in [6, 6.07) is 7.36. The molecule has 0 aromatic heterocycles. The molecule has 1 heterocycles. The van der Waals surface area contributed by atoms with Crippen molar-refractivity contribution in [3.8, 4) is 5.75 Å². The van der Waals surface area contributed by atoms with Crippen LogP contribution in [0.1, 0.15) is 33.6 Å². The van der Waals surface area contributed by atoms with E-state index in [0.29, 0.717) is 30.3 Å². The maximum absolute atomic E-state index is 12.8. The van der Waals surface area contributed by atoms with Crippen LogP contribution in [0.25, 0.3) is 0 Å². The van der Waals surface area contributed by atoms with E-state index in [9.17, 15) is 4.79 Å². The van der Waals surface area contributed by atoms with Crippen molar-refractivity contribution in [2.24, 2.45) is 11.1 Å². The van der Waals surface area contributed by atoms with Crippen molar-refractivity contribution in [2.45, 2.75) is 45.8 Å². The largest absolute Gasteiger partial charge is 0.479 e. The Balaban J connectivity index is 0.00000264. The van der Waals surface area contributed by atoms with Crippen LogP contribution in [0.3, 0.4) is 0 Å². The molecule has 0 saturated carbocycles. The maximum Gasteiger partial charge on any atom is 0.263 e. The van der Waals surface area contributed by atoms with Crippen LogP contribution in [0.15, 0.2) is 24.3 Å². The molecular formula is C17H26Cl2N2O2. The summed E-state index contributed by atoms with van der Waals surface area (Å²) >= 11 is 6.11. The minimum Gasteiger partial charge on any atom is -0.479 e. The number of piperidine rings is 1. The van der Waals surface area contributed by atoms with Crippen LogP contribution in [0, 0.1) is 5.41 Å². The van der Waals surface area contributed by atoms with Crippen molar-refractivity contribution in [1.29, 1.82) is 0 Å². The molecule has 0 bridgehead atoms. The molecule has 2 unspecified atom stereocenters. The van der Waals surface area contributed by atoms with Gasteiger partial charge in [-0.2, -0.15) is 0 Å². The summed E-state index contributed by atoms with van der Waals surface area (Å²) in [6.45, 7) is 7.50. The molecular weight excluding hydrogens is 335 g/mol. The minimum atomic E-state index is -0.509. The summed E-state index contributed by atoms with van der Waals surface area (Å²) in [5.74, 6) is 0.569. The van der Waals surface area contributed by atoms with E-state index in [4.69, 9.17) is 22.1 Å². The number of benzene rings is 1. The van der Waals surface area contributed by atoms with Crippen molar-refractivity contribution in [2.75, 3.05) is 13.1 Å². The monoisotopic (exact) mass is 360 g/mol. The quantitative estimate of drug-likeness (QED) is 0.893. The number of para-hydroxylation sites is 1. The van der Waals surface area contributed by atoms with Gasteiger partial charge in [-0.1, -0.05) is 44.5 Å². The molecule has 2 rings (SSSR count). The van der Waals surface area contributed by atoms with E-state index in [2.05, 4.69) is 13.8 Å². The van der Waals surface area contributed by atoms with Crippen LogP contribution in [0.5, 0.6) is 5.75 Å². The highest BCUT2D eigenvalue weighted by Crippen LogP contribution is 2.29. The zero-order valence-electron chi connectivity index (χ0n) is 13.9. The van der Waals surface area contributed by atoms with Gasteiger partial charge in [0.05, 0.1) is 5.02 Å². The Hall–Kier alpha value is -0.970. The van der Waals surface area contributed by atoms with Gasteiger partial charge in [0.15, 0.2) is 6.10 Å². The Kier molecular flexibility index (Phi) is 7.18. The van der Waals surface area contributed by atoms with Gasteiger partial charge in [-0.15, -0.1) is 12.4 Å². The molecule has 1 fully saturated rings. The fourth-order valence-corrected chi connectivity index (χ4v) is 2.95. The second-order valence-corrected chi connectivity index (χ2v) is 7.00. The number of ether oxygens (including phenoxy) is 1. The molecule has 1 amide bonds. The highest BCUT2D eigenvalue weighted by molar-refractivity contribution is 6.32. The Bertz CT molecular complexity index is 537. The van der Waals surface area contributed by atoms with Crippen LogP contribution in [-0.4, -0.2) is 36.0 Å². The molecule has 2 atom stereocenters. The lowest BCUT2D eigenvalue weighted by Gasteiger charge is -2.43. The highest BCUT2D eigenvalue weighted by Gasteiger charge is 2.37. The van der Waals surface area contributed by atoms with Crippen molar-refractivity contribution in [1.82, 2.24) is 4.90 Å². The molecule has 2 N–H and O–H groups in total. The fourth-order valence-electron chi connectivity index (χ4n) is 2.77. The van der Waals surface area contributed by atoms with Gasteiger partial charge >= 0.3 is 0 Å². The average molecular weight is 361 g/mol. The SMILES string of the molecule is CCC(Oc1ccccc1Cl)C(=O)N1CCC(N)C(C)(C)C1.Cl. The number of hydrogen-bond donors (Lipinski definition) is 1. The van der Waals surface area contributed by atoms with Gasteiger partial charge in [-0.05, 0) is 30.4 Å². The fraction of sp³-hybridized carbons (Fsp3) is 0.588. The molecule has 1 aliphatic heterocycles. The van der Waals surface area contributed by atoms with Gasteiger partial charge in [0, 0.05) is 19.1 Å². The summed E-state index contributed by atoms with van der Waals surface area (Å²) in [7, 11) is 0. The number of carbonyl (C=O) groups excluding carboxylic acids is 1. The summed E-state index contributed by atoms with van der Waals surface area (Å²) in [5.41, 5.74) is 6.07. The lowest BCUT2D eigenvalue weighted by atomic mass is 9.79. The molecule has 130 valence electrons. The lowest BCUT2D eigenvalue weighted by molar-refractivity contribution is -0.142. The smallest absolute Gasteiger partial charge is 0.263 e. The molecule has 4 nitrogen and oxygen atoms in total. The Labute approximate surface area is 149 Å². The zero-order valence-corrected chi connectivity index (χ0v) is 15.5. The van der Waals surface area contributed by atoms with Gasteiger partial charge in [0.25, 0.3) is 5.91 Å². The summed E-state index contributed by atoms with van der Waals surface area (Å²) in [4.78, 5) is 14.6. The van der Waals surface area contributed by atoms with Gasteiger partial charge in [0.1, 0.15) is 5.75 Å². The number of likely N-dealkylation sites (tertiary alicyclic amines) is 1. The second kappa shape index (κ2) is 8.22. The first-order valence-electron chi connectivity index (χ1n) is 7.80. The van der Waals surface area contributed by atoms with Crippen molar-refractivity contribution < 1.29 is 9.53 Å². The normalized spacial score (nSPS) is 21.3. The van der Waals surface area contributed by atoms with E-state index in [0.717, 1.165) is 6.42 Å². The Morgan fingerprint density at radius 2 is 2.13 bits per heavy atom. The first kappa shape index (κ1) is 20.1. The molecule has 23 heavy (non-hydrogen) atoms. The first-order valence-corrected chi connectivity index (χ1v) is 8.18. The van der Waals surface area contributed by atoms with Crippen molar-refractivity contribution in [3.63, 3.8) is 0 Å². The molecule has 0 spiro atoms. The predicted octanol–water partition coefficient (Wildman–Crippen LogP) is 3.51. The lowest BCUT2D eigenvalue weighted by Crippen LogP contribution is -2.56. The maximum atomic E-state index is 12.8. The summed E-state index contributed by atoms with van der Waals surface area (Å²) in [6.07, 6.45) is 0.916. The van der Waals surface area contributed by atoms with Gasteiger partial charge in [-0.3, -0.25) is 4.79 Å². The second-order valence-electron chi connectivity index (χ2n) is 6.59. The third kappa shape index (κ3) is 4.75. The van der Waals surface area contributed by atoms with Gasteiger partial charge < -0.3 is 15.4 Å². The molecule has 1 aromatic carbocycles. The van der Waals surface area contributed by atoms with E-state index < -0.39 is 6.10 Å². The zero-order chi connectivity index (χ0) is 16.3. The van der Waals surface area contributed by atoms with E-state index in [1.54, 1.807) is 12.1 Å².